The molecule has 0 radical (unpaired) electrons. The number of hydrogen-bond acceptors (Lipinski definition) is 1. The molecule has 0 bridgehead atoms. The van der Waals surface area contributed by atoms with E-state index in [0.717, 1.165) is 0 Å². The molecule has 1 heteroatoms. The van der Waals surface area contributed by atoms with Gasteiger partial charge in [0.25, 0.3) is 0 Å². The average Bonchev–Trinajstić information content (AvgIpc) is 2.77. The van der Waals surface area contributed by atoms with E-state index in [-0.39, 0.29) is 0 Å². The molecule has 0 rings (SSSR count). The minimum atomic E-state index is 1.31. The van der Waals surface area contributed by atoms with Crippen LogP contribution in [-0.4, -0.2) is 25.0 Å². The molecule has 0 spiro atoms. The Hall–Kier alpha value is -0.0400. The van der Waals surface area contributed by atoms with E-state index in [1.165, 1.54) is 174 Å². The molecule has 0 aliphatic carbocycles. The number of rotatable bonds is 27. The standard InChI is InChI=1S/C30H63N/c1-4-6-8-10-12-14-16-17-18-19-20-22-24-26-28-30-31(3)29-27-25-23-21-15-13-11-9-7-5-2/h4-30H2,1-3H3. The first-order valence-corrected chi connectivity index (χ1v) is 15.0. The minimum Gasteiger partial charge on any atom is -0.306 e. The molecule has 0 amide bonds. The topological polar surface area (TPSA) is 3.24 Å². The van der Waals surface area contributed by atoms with Gasteiger partial charge in [0.15, 0.2) is 0 Å². The molecule has 0 aliphatic heterocycles. The van der Waals surface area contributed by atoms with Crippen LogP contribution in [-0.2, 0) is 0 Å². The van der Waals surface area contributed by atoms with Gasteiger partial charge in [0.2, 0.25) is 0 Å². The summed E-state index contributed by atoms with van der Waals surface area (Å²) in [6.45, 7) is 7.24. The van der Waals surface area contributed by atoms with Crippen LogP contribution in [0.25, 0.3) is 0 Å². The third kappa shape index (κ3) is 27.9. The summed E-state index contributed by atoms with van der Waals surface area (Å²) >= 11 is 0. The Morgan fingerprint density at radius 2 is 0.484 bits per heavy atom. The van der Waals surface area contributed by atoms with Crippen LogP contribution in [0.4, 0.5) is 0 Å². The first-order chi connectivity index (χ1) is 15.3. The summed E-state index contributed by atoms with van der Waals surface area (Å²) in [5.41, 5.74) is 0. The molecule has 188 valence electrons. The van der Waals surface area contributed by atoms with Crippen molar-refractivity contribution in [2.24, 2.45) is 0 Å². The molecule has 0 fully saturated rings. The van der Waals surface area contributed by atoms with E-state index in [2.05, 4.69) is 25.8 Å². The molecule has 0 saturated carbocycles. The summed E-state index contributed by atoms with van der Waals surface area (Å²) in [4.78, 5) is 2.58. The molecule has 0 aromatic heterocycles. The Bertz CT molecular complexity index is 301. The van der Waals surface area contributed by atoms with Gasteiger partial charge in [-0.15, -0.1) is 0 Å². The molecule has 0 aliphatic rings. The maximum absolute atomic E-state index is 2.58. The first-order valence-electron chi connectivity index (χ1n) is 15.0. The number of hydrogen-bond donors (Lipinski definition) is 0. The lowest BCUT2D eigenvalue weighted by Crippen LogP contribution is -2.20. The van der Waals surface area contributed by atoms with E-state index in [9.17, 15) is 0 Å². The summed E-state index contributed by atoms with van der Waals surface area (Å²) in [6.07, 6.45) is 36.4. The Morgan fingerprint density at radius 3 is 0.710 bits per heavy atom. The summed E-state index contributed by atoms with van der Waals surface area (Å²) in [7, 11) is 2.33. The van der Waals surface area contributed by atoms with Gasteiger partial charge in [0.05, 0.1) is 0 Å². The van der Waals surface area contributed by atoms with E-state index in [1.807, 2.05) is 0 Å². The fourth-order valence-corrected chi connectivity index (χ4v) is 4.73. The van der Waals surface area contributed by atoms with Gasteiger partial charge >= 0.3 is 0 Å². The molecule has 0 aromatic rings. The molecule has 31 heavy (non-hydrogen) atoms. The Morgan fingerprint density at radius 1 is 0.290 bits per heavy atom. The number of unbranched alkanes of at least 4 members (excludes halogenated alkanes) is 23. The lowest BCUT2D eigenvalue weighted by atomic mass is 10.0. The first kappa shape index (κ1) is 31.0. The van der Waals surface area contributed by atoms with Gasteiger partial charge in [-0.1, -0.05) is 162 Å². The Kier molecular flexibility index (Phi) is 28.0. The van der Waals surface area contributed by atoms with Crippen LogP contribution in [0, 0.1) is 0 Å². The van der Waals surface area contributed by atoms with Gasteiger partial charge in [-0.3, -0.25) is 0 Å². The van der Waals surface area contributed by atoms with Gasteiger partial charge in [-0.2, -0.15) is 0 Å². The molecule has 0 saturated heterocycles. The van der Waals surface area contributed by atoms with E-state index in [1.54, 1.807) is 0 Å². The van der Waals surface area contributed by atoms with E-state index in [0.29, 0.717) is 0 Å². The zero-order chi connectivity index (χ0) is 22.7. The van der Waals surface area contributed by atoms with Gasteiger partial charge in [-0.25, -0.2) is 0 Å². The van der Waals surface area contributed by atoms with Crippen LogP contribution in [0.1, 0.15) is 174 Å². The van der Waals surface area contributed by atoms with E-state index >= 15 is 0 Å². The molecule has 0 heterocycles. The molecule has 0 aromatic carbocycles. The normalized spacial score (nSPS) is 11.6. The monoisotopic (exact) mass is 437 g/mol. The summed E-state index contributed by atoms with van der Waals surface area (Å²) < 4.78 is 0. The molecule has 0 atom stereocenters. The van der Waals surface area contributed by atoms with Gasteiger partial charge in [0.1, 0.15) is 0 Å². The zero-order valence-electron chi connectivity index (χ0n) is 22.5. The van der Waals surface area contributed by atoms with Crippen LogP contribution in [0.3, 0.4) is 0 Å². The maximum atomic E-state index is 2.58. The molecular formula is C30H63N. The quantitative estimate of drug-likeness (QED) is 0.115. The summed E-state index contributed by atoms with van der Waals surface area (Å²) in [6, 6.07) is 0. The van der Waals surface area contributed by atoms with Gasteiger partial charge in [-0.05, 0) is 33.0 Å². The molecule has 0 unspecified atom stereocenters. The fourth-order valence-electron chi connectivity index (χ4n) is 4.73. The predicted octanol–water partition coefficient (Wildman–Crippen LogP) is 10.7. The van der Waals surface area contributed by atoms with E-state index < -0.39 is 0 Å². The number of nitrogens with zero attached hydrogens (tertiary/aromatic N) is 1. The SMILES string of the molecule is CCCCCCCCCCCCCCCCCN(C)CCCCCCCCCCCC. The fraction of sp³-hybridized carbons (Fsp3) is 1.00. The lowest BCUT2D eigenvalue weighted by molar-refractivity contribution is 0.314. The average molecular weight is 438 g/mol. The maximum Gasteiger partial charge on any atom is -0.00218 e. The van der Waals surface area contributed by atoms with Gasteiger partial charge < -0.3 is 4.90 Å². The Balaban J connectivity index is 3.12. The molecule has 1 nitrogen and oxygen atoms in total. The van der Waals surface area contributed by atoms with Crippen LogP contribution >= 0.6 is 0 Å². The van der Waals surface area contributed by atoms with Crippen molar-refractivity contribution in [1.82, 2.24) is 4.90 Å². The zero-order valence-corrected chi connectivity index (χ0v) is 22.5. The van der Waals surface area contributed by atoms with Crippen molar-refractivity contribution in [2.75, 3.05) is 20.1 Å². The highest BCUT2D eigenvalue weighted by Gasteiger charge is 1.99. The second-order valence-electron chi connectivity index (χ2n) is 10.4. The van der Waals surface area contributed by atoms with Crippen molar-refractivity contribution >= 4 is 0 Å². The minimum absolute atomic E-state index is 1.31. The van der Waals surface area contributed by atoms with Crippen LogP contribution in [0.5, 0.6) is 0 Å². The van der Waals surface area contributed by atoms with Crippen molar-refractivity contribution in [3.8, 4) is 0 Å². The highest BCUT2D eigenvalue weighted by molar-refractivity contribution is 4.55. The third-order valence-corrected chi connectivity index (χ3v) is 7.04. The second-order valence-corrected chi connectivity index (χ2v) is 10.4. The molecule has 0 N–H and O–H groups in total. The Labute approximate surface area is 199 Å². The van der Waals surface area contributed by atoms with Crippen molar-refractivity contribution in [3.63, 3.8) is 0 Å². The van der Waals surface area contributed by atoms with E-state index in [4.69, 9.17) is 0 Å². The summed E-state index contributed by atoms with van der Waals surface area (Å²) in [5.74, 6) is 0. The highest BCUT2D eigenvalue weighted by atomic mass is 15.1. The third-order valence-electron chi connectivity index (χ3n) is 7.04. The van der Waals surface area contributed by atoms with Crippen molar-refractivity contribution < 1.29 is 0 Å². The van der Waals surface area contributed by atoms with Crippen LogP contribution < -0.4 is 0 Å². The van der Waals surface area contributed by atoms with Crippen LogP contribution in [0.2, 0.25) is 0 Å². The highest BCUT2D eigenvalue weighted by Crippen LogP contribution is 2.14. The van der Waals surface area contributed by atoms with Crippen molar-refractivity contribution in [1.29, 1.82) is 0 Å². The van der Waals surface area contributed by atoms with Crippen molar-refractivity contribution in [3.05, 3.63) is 0 Å². The lowest BCUT2D eigenvalue weighted by Gasteiger charge is -2.16. The van der Waals surface area contributed by atoms with Crippen molar-refractivity contribution in [2.45, 2.75) is 174 Å². The molecular weight excluding hydrogens is 374 g/mol. The largest absolute Gasteiger partial charge is 0.306 e. The second kappa shape index (κ2) is 28.0. The van der Waals surface area contributed by atoms with Crippen LogP contribution in [0.15, 0.2) is 0 Å². The summed E-state index contributed by atoms with van der Waals surface area (Å²) in [5, 5.41) is 0. The predicted molar refractivity (Wildman–Crippen MR) is 144 cm³/mol. The smallest absolute Gasteiger partial charge is 0.00218 e. The van der Waals surface area contributed by atoms with Gasteiger partial charge in [0, 0.05) is 0 Å².